The van der Waals surface area contributed by atoms with Crippen LogP contribution >= 0.6 is 0 Å². The number of hydrogen-bond acceptors (Lipinski definition) is 4. The maximum Gasteiger partial charge on any atom is 0.407 e. The molecule has 0 saturated heterocycles. The Hall–Kier alpha value is -1.66. The molecule has 0 saturated carbocycles. The van der Waals surface area contributed by atoms with Gasteiger partial charge in [-0.1, -0.05) is 6.92 Å². The van der Waals surface area contributed by atoms with E-state index in [-0.39, 0.29) is 12.6 Å². The summed E-state index contributed by atoms with van der Waals surface area (Å²) in [5, 5.41) is 0. The highest BCUT2D eigenvalue weighted by Gasteiger charge is 2.36. The lowest BCUT2D eigenvalue weighted by Crippen LogP contribution is -2.38. The number of benzene rings is 1. The van der Waals surface area contributed by atoms with Gasteiger partial charge in [0.1, 0.15) is 5.82 Å². The second-order valence-electron chi connectivity index (χ2n) is 3.98. The van der Waals surface area contributed by atoms with E-state index in [4.69, 9.17) is 19.9 Å². The van der Waals surface area contributed by atoms with E-state index in [1.54, 1.807) is 0 Å². The Morgan fingerprint density at radius 1 is 1.37 bits per heavy atom. The number of nitrogens with two attached hydrogens (primary N) is 1. The van der Waals surface area contributed by atoms with E-state index in [2.05, 4.69) is 0 Å². The largest absolute Gasteiger partial charge is 0.412 e. The maximum atomic E-state index is 13.0. The molecule has 0 aliphatic carbocycles. The van der Waals surface area contributed by atoms with E-state index in [1.807, 2.05) is 6.92 Å². The van der Waals surface area contributed by atoms with Gasteiger partial charge in [-0.15, -0.1) is 0 Å². The number of carbonyl (C=O) groups is 1. The Bertz CT molecular complexity index is 410. The minimum atomic E-state index is -1.36. The number of hydrogen-bond donors (Lipinski definition) is 1. The molecule has 0 aliphatic rings. The van der Waals surface area contributed by atoms with Crippen LogP contribution in [0.15, 0.2) is 24.3 Å². The van der Waals surface area contributed by atoms with E-state index in [9.17, 15) is 9.18 Å². The molecular weight excluding hydrogens is 253 g/mol. The molecule has 6 heteroatoms. The van der Waals surface area contributed by atoms with E-state index < -0.39 is 11.9 Å². The molecule has 1 atom stereocenters. The van der Waals surface area contributed by atoms with Crippen LogP contribution in [-0.4, -0.2) is 20.0 Å². The van der Waals surface area contributed by atoms with Crippen LogP contribution in [0.5, 0.6) is 0 Å². The van der Waals surface area contributed by atoms with Crippen LogP contribution < -0.4 is 5.73 Å². The minimum absolute atomic E-state index is 0.0787. The second kappa shape index (κ2) is 7.06. The second-order valence-corrected chi connectivity index (χ2v) is 3.98. The van der Waals surface area contributed by atoms with Crippen molar-refractivity contribution in [2.45, 2.75) is 25.6 Å². The van der Waals surface area contributed by atoms with Gasteiger partial charge in [0.15, 0.2) is 6.79 Å². The van der Waals surface area contributed by atoms with E-state index in [0.717, 1.165) is 0 Å². The minimum Gasteiger partial charge on any atom is -0.412 e. The van der Waals surface area contributed by atoms with Gasteiger partial charge in [0.2, 0.25) is 5.79 Å². The molecule has 1 aromatic carbocycles. The molecule has 2 N–H and O–H groups in total. The zero-order chi connectivity index (χ0) is 14.3. The van der Waals surface area contributed by atoms with Crippen LogP contribution in [0.3, 0.4) is 0 Å². The topological polar surface area (TPSA) is 70.8 Å². The summed E-state index contributed by atoms with van der Waals surface area (Å²) in [6, 6.07) is 5.51. The first-order valence-corrected chi connectivity index (χ1v) is 5.91. The van der Waals surface area contributed by atoms with E-state index >= 15 is 0 Å². The average Bonchev–Trinajstić information content (AvgIpc) is 2.36. The third kappa shape index (κ3) is 4.18. The summed E-state index contributed by atoms with van der Waals surface area (Å²) in [4.78, 5) is 11.1. The van der Waals surface area contributed by atoms with Gasteiger partial charge < -0.3 is 19.9 Å². The van der Waals surface area contributed by atoms with Crippen LogP contribution in [0.2, 0.25) is 0 Å². The molecule has 19 heavy (non-hydrogen) atoms. The van der Waals surface area contributed by atoms with Crippen LogP contribution in [0, 0.1) is 5.82 Å². The average molecular weight is 271 g/mol. The Morgan fingerprint density at radius 3 is 2.47 bits per heavy atom. The maximum absolute atomic E-state index is 13.0. The normalized spacial score (nSPS) is 13.8. The smallest absolute Gasteiger partial charge is 0.407 e. The van der Waals surface area contributed by atoms with Gasteiger partial charge in [0.25, 0.3) is 0 Å². The lowest BCUT2D eigenvalue weighted by molar-refractivity contribution is -0.251. The summed E-state index contributed by atoms with van der Waals surface area (Å²) in [5.41, 5.74) is 5.60. The van der Waals surface area contributed by atoms with Gasteiger partial charge >= 0.3 is 6.09 Å². The lowest BCUT2D eigenvalue weighted by Gasteiger charge is -2.32. The van der Waals surface area contributed by atoms with Crippen molar-refractivity contribution < 1.29 is 23.4 Å². The number of rotatable bonds is 7. The highest BCUT2D eigenvalue weighted by atomic mass is 19.1. The zero-order valence-electron chi connectivity index (χ0n) is 11.0. The fraction of sp³-hybridized carbons (Fsp3) is 0.462. The van der Waals surface area contributed by atoms with E-state index in [0.29, 0.717) is 18.4 Å². The van der Waals surface area contributed by atoms with Crippen molar-refractivity contribution in [3.63, 3.8) is 0 Å². The van der Waals surface area contributed by atoms with Crippen LogP contribution in [0.25, 0.3) is 0 Å². The van der Waals surface area contributed by atoms with Crippen molar-refractivity contribution in [1.82, 2.24) is 0 Å². The van der Waals surface area contributed by atoms with Crippen molar-refractivity contribution in [1.29, 1.82) is 0 Å². The molecule has 106 valence electrons. The molecule has 0 aliphatic heterocycles. The number of ether oxygens (including phenoxy) is 3. The van der Waals surface area contributed by atoms with Gasteiger partial charge in [-0.2, -0.15) is 0 Å². The van der Waals surface area contributed by atoms with Crippen molar-refractivity contribution in [3.8, 4) is 0 Å². The fourth-order valence-electron chi connectivity index (χ4n) is 1.79. The van der Waals surface area contributed by atoms with Gasteiger partial charge in [-0.3, -0.25) is 0 Å². The molecule has 1 amide bonds. The third-order valence-corrected chi connectivity index (χ3v) is 2.54. The number of halogens is 1. The lowest BCUT2D eigenvalue weighted by atomic mass is 10.0. The molecule has 1 rings (SSSR count). The molecule has 0 unspecified atom stereocenters. The molecule has 0 aromatic heterocycles. The molecule has 0 fully saturated rings. The van der Waals surface area contributed by atoms with Gasteiger partial charge in [0, 0.05) is 19.1 Å². The Balaban J connectivity index is 3.11. The fourth-order valence-corrected chi connectivity index (χ4v) is 1.79. The molecule has 0 radical (unpaired) electrons. The summed E-state index contributed by atoms with van der Waals surface area (Å²) in [5.74, 6) is -1.75. The third-order valence-electron chi connectivity index (χ3n) is 2.54. The van der Waals surface area contributed by atoms with E-state index in [1.165, 1.54) is 31.4 Å². The summed E-state index contributed by atoms with van der Waals surface area (Å²) in [6.45, 7) is 1.82. The standard InChI is InChI=1S/C13H18FNO4/c1-3-8-13(18-9-17-2,19-12(15)16)10-4-6-11(14)7-5-10/h4-7H,3,8-9H2,1-2H3,(H2,15,16)/t13-/m1/s1. The molecule has 0 bridgehead atoms. The van der Waals surface area contributed by atoms with Crippen molar-refractivity contribution in [3.05, 3.63) is 35.6 Å². The number of methoxy groups -OCH3 is 1. The van der Waals surface area contributed by atoms with Crippen LogP contribution in [0.1, 0.15) is 25.3 Å². The van der Waals surface area contributed by atoms with Crippen molar-refractivity contribution >= 4 is 6.09 Å². The molecule has 0 spiro atoms. The predicted molar refractivity (Wildman–Crippen MR) is 66.6 cm³/mol. The molecular formula is C13H18FNO4. The first-order chi connectivity index (χ1) is 9.04. The van der Waals surface area contributed by atoms with Crippen LogP contribution in [0.4, 0.5) is 9.18 Å². The van der Waals surface area contributed by atoms with Crippen LogP contribution in [-0.2, 0) is 20.0 Å². The molecule has 5 nitrogen and oxygen atoms in total. The SMILES string of the molecule is CCC[C@@](OCOC)(OC(N)=O)c1ccc(F)cc1. The van der Waals surface area contributed by atoms with Crippen molar-refractivity contribution in [2.75, 3.05) is 13.9 Å². The molecule has 0 heterocycles. The van der Waals surface area contributed by atoms with Gasteiger partial charge in [0.05, 0.1) is 0 Å². The number of primary amides is 1. The Kier molecular flexibility index (Phi) is 5.72. The van der Waals surface area contributed by atoms with Gasteiger partial charge in [-0.05, 0) is 30.7 Å². The monoisotopic (exact) mass is 271 g/mol. The number of amides is 1. The van der Waals surface area contributed by atoms with Gasteiger partial charge in [-0.25, -0.2) is 9.18 Å². The van der Waals surface area contributed by atoms with Crippen molar-refractivity contribution in [2.24, 2.45) is 5.73 Å². The summed E-state index contributed by atoms with van der Waals surface area (Å²) in [6.07, 6.45) is 0.0909. The first kappa shape index (κ1) is 15.4. The first-order valence-electron chi connectivity index (χ1n) is 5.91. The Morgan fingerprint density at radius 2 is 2.00 bits per heavy atom. The highest BCUT2D eigenvalue weighted by molar-refractivity contribution is 5.65. The summed E-state index contributed by atoms with van der Waals surface area (Å²) >= 11 is 0. The zero-order valence-corrected chi connectivity index (χ0v) is 11.0. The summed E-state index contributed by atoms with van der Waals surface area (Å²) in [7, 11) is 1.45. The quantitative estimate of drug-likeness (QED) is 0.773. The molecule has 1 aromatic rings. The predicted octanol–water partition coefficient (Wildman–Crippen LogP) is 2.49. The number of carbonyl (C=O) groups excluding carboxylic acids is 1. The Labute approximate surface area is 111 Å². The highest BCUT2D eigenvalue weighted by Crippen LogP contribution is 2.32. The summed E-state index contributed by atoms with van der Waals surface area (Å²) < 4.78 is 28.4.